The van der Waals surface area contributed by atoms with Crippen LogP contribution in [0.1, 0.15) is 6.42 Å². The lowest BCUT2D eigenvalue weighted by atomic mass is 10.0. The summed E-state index contributed by atoms with van der Waals surface area (Å²) in [6.45, 7) is 1.47. The van der Waals surface area contributed by atoms with E-state index in [1.165, 1.54) is 12.1 Å². The predicted octanol–water partition coefficient (Wildman–Crippen LogP) is 1.71. The quantitative estimate of drug-likeness (QED) is 0.875. The Morgan fingerprint density at radius 2 is 2.29 bits per heavy atom. The van der Waals surface area contributed by atoms with Crippen LogP contribution >= 0.6 is 0 Å². The summed E-state index contributed by atoms with van der Waals surface area (Å²) in [4.78, 5) is 0. The Balaban J connectivity index is 1.90. The SMILES string of the molecule is NC(COc1cccc(F)c1F)C1CCOC1. The van der Waals surface area contributed by atoms with Crippen LogP contribution < -0.4 is 10.5 Å². The minimum atomic E-state index is -0.970. The standard InChI is InChI=1S/C12H15F2NO2/c13-9-2-1-3-11(12(9)14)17-7-10(15)8-4-5-16-6-8/h1-3,8,10H,4-7,15H2. The van der Waals surface area contributed by atoms with Crippen molar-refractivity contribution in [1.82, 2.24) is 0 Å². The zero-order valence-electron chi connectivity index (χ0n) is 9.36. The van der Waals surface area contributed by atoms with Crippen LogP contribution in [0.3, 0.4) is 0 Å². The van der Waals surface area contributed by atoms with Gasteiger partial charge in [0.05, 0.1) is 6.61 Å². The Kier molecular flexibility index (Phi) is 3.91. The van der Waals surface area contributed by atoms with Gasteiger partial charge in [0.15, 0.2) is 11.6 Å². The van der Waals surface area contributed by atoms with Crippen LogP contribution in [0, 0.1) is 17.6 Å². The lowest BCUT2D eigenvalue weighted by Crippen LogP contribution is -2.36. The monoisotopic (exact) mass is 243 g/mol. The van der Waals surface area contributed by atoms with E-state index in [0.29, 0.717) is 13.2 Å². The molecule has 0 spiro atoms. The summed E-state index contributed by atoms with van der Waals surface area (Å²) in [6, 6.07) is 3.61. The minimum absolute atomic E-state index is 0.0978. The average molecular weight is 243 g/mol. The second-order valence-corrected chi connectivity index (χ2v) is 4.15. The zero-order valence-corrected chi connectivity index (χ0v) is 9.36. The highest BCUT2D eigenvalue weighted by Crippen LogP contribution is 2.21. The van der Waals surface area contributed by atoms with Crippen LogP contribution in [0.25, 0.3) is 0 Å². The molecule has 1 aromatic rings. The highest BCUT2D eigenvalue weighted by atomic mass is 19.2. The highest BCUT2D eigenvalue weighted by Gasteiger charge is 2.23. The number of ether oxygens (including phenoxy) is 2. The first kappa shape index (κ1) is 12.3. The number of rotatable bonds is 4. The molecule has 2 atom stereocenters. The average Bonchev–Trinajstić information content (AvgIpc) is 2.84. The molecule has 5 heteroatoms. The van der Waals surface area contributed by atoms with E-state index < -0.39 is 11.6 Å². The normalized spacial score (nSPS) is 21.5. The van der Waals surface area contributed by atoms with Crippen molar-refractivity contribution in [2.45, 2.75) is 12.5 Å². The third kappa shape index (κ3) is 2.92. The van der Waals surface area contributed by atoms with Crippen LogP contribution in [0.15, 0.2) is 18.2 Å². The Morgan fingerprint density at radius 3 is 3.00 bits per heavy atom. The molecule has 1 fully saturated rings. The Hall–Kier alpha value is -1.20. The Morgan fingerprint density at radius 1 is 1.47 bits per heavy atom. The molecule has 0 aromatic heterocycles. The second kappa shape index (κ2) is 5.42. The first-order chi connectivity index (χ1) is 8.18. The van der Waals surface area contributed by atoms with Crippen molar-refractivity contribution in [2.75, 3.05) is 19.8 Å². The van der Waals surface area contributed by atoms with E-state index >= 15 is 0 Å². The largest absolute Gasteiger partial charge is 0.489 e. The van der Waals surface area contributed by atoms with Gasteiger partial charge in [-0.25, -0.2) is 4.39 Å². The molecule has 1 saturated heterocycles. The van der Waals surface area contributed by atoms with E-state index in [1.807, 2.05) is 0 Å². The van der Waals surface area contributed by atoms with Gasteiger partial charge >= 0.3 is 0 Å². The van der Waals surface area contributed by atoms with Gasteiger partial charge in [-0.2, -0.15) is 4.39 Å². The van der Waals surface area contributed by atoms with Crippen molar-refractivity contribution in [3.8, 4) is 5.75 Å². The topological polar surface area (TPSA) is 44.5 Å². The molecule has 0 radical (unpaired) electrons. The van der Waals surface area contributed by atoms with Gasteiger partial charge in [0.25, 0.3) is 0 Å². The first-order valence-corrected chi connectivity index (χ1v) is 5.58. The lowest BCUT2D eigenvalue weighted by Gasteiger charge is -2.18. The molecule has 3 nitrogen and oxygen atoms in total. The van der Waals surface area contributed by atoms with Crippen LogP contribution in [0.2, 0.25) is 0 Å². The molecule has 2 unspecified atom stereocenters. The lowest BCUT2D eigenvalue weighted by molar-refractivity contribution is 0.168. The maximum atomic E-state index is 13.3. The summed E-state index contributed by atoms with van der Waals surface area (Å²) in [5.41, 5.74) is 5.89. The maximum Gasteiger partial charge on any atom is 0.200 e. The van der Waals surface area contributed by atoms with Crippen molar-refractivity contribution in [1.29, 1.82) is 0 Å². The number of benzene rings is 1. The van der Waals surface area contributed by atoms with Gasteiger partial charge in [-0.15, -0.1) is 0 Å². The van der Waals surface area contributed by atoms with Crippen LogP contribution in [0.4, 0.5) is 8.78 Å². The third-order valence-electron chi connectivity index (χ3n) is 2.92. The number of hydrogen-bond acceptors (Lipinski definition) is 3. The van der Waals surface area contributed by atoms with Gasteiger partial charge in [0.1, 0.15) is 6.61 Å². The van der Waals surface area contributed by atoms with Gasteiger partial charge in [-0.05, 0) is 18.6 Å². The van der Waals surface area contributed by atoms with Gasteiger partial charge < -0.3 is 15.2 Å². The van der Waals surface area contributed by atoms with Crippen LogP contribution in [-0.4, -0.2) is 25.9 Å². The van der Waals surface area contributed by atoms with Gasteiger partial charge in [0.2, 0.25) is 5.82 Å². The molecular formula is C12H15F2NO2. The molecular weight excluding hydrogens is 228 g/mol. The molecule has 0 bridgehead atoms. The van der Waals surface area contributed by atoms with E-state index in [0.717, 1.165) is 12.5 Å². The molecule has 0 amide bonds. The van der Waals surface area contributed by atoms with Gasteiger partial charge in [-0.3, -0.25) is 0 Å². The van der Waals surface area contributed by atoms with E-state index in [-0.39, 0.29) is 24.3 Å². The second-order valence-electron chi connectivity index (χ2n) is 4.15. The fourth-order valence-corrected chi connectivity index (χ4v) is 1.81. The maximum absolute atomic E-state index is 13.3. The third-order valence-corrected chi connectivity index (χ3v) is 2.92. The Bertz CT molecular complexity index is 381. The Labute approximate surface area is 98.5 Å². The van der Waals surface area contributed by atoms with E-state index in [1.54, 1.807) is 0 Å². The molecule has 2 rings (SSSR count). The van der Waals surface area contributed by atoms with E-state index in [9.17, 15) is 8.78 Å². The summed E-state index contributed by atoms with van der Waals surface area (Å²) in [6.07, 6.45) is 0.885. The summed E-state index contributed by atoms with van der Waals surface area (Å²) < 4.78 is 36.6. The number of halogens is 2. The molecule has 2 N–H and O–H groups in total. The molecule has 1 heterocycles. The first-order valence-electron chi connectivity index (χ1n) is 5.58. The minimum Gasteiger partial charge on any atom is -0.489 e. The molecule has 1 aliphatic heterocycles. The predicted molar refractivity (Wildman–Crippen MR) is 58.8 cm³/mol. The number of nitrogens with two attached hydrogens (primary N) is 1. The molecule has 1 aliphatic rings. The van der Waals surface area contributed by atoms with E-state index in [2.05, 4.69) is 0 Å². The van der Waals surface area contributed by atoms with Crippen LogP contribution in [-0.2, 0) is 4.74 Å². The zero-order chi connectivity index (χ0) is 12.3. The van der Waals surface area contributed by atoms with Crippen molar-refractivity contribution in [2.24, 2.45) is 11.7 Å². The van der Waals surface area contributed by atoms with Crippen LogP contribution in [0.5, 0.6) is 5.75 Å². The van der Waals surface area contributed by atoms with Gasteiger partial charge in [-0.1, -0.05) is 6.07 Å². The van der Waals surface area contributed by atoms with Crippen molar-refractivity contribution in [3.05, 3.63) is 29.8 Å². The van der Waals surface area contributed by atoms with Crippen molar-refractivity contribution in [3.63, 3.8) is 0 Å². The highest BCUT2D eigenvalue weighted by molar-refractivity contribution is 5.25. The summed E-state index contributed by atoms with van der Waals surface area (Å²) in [7, 11) is 0. The molecule has 1 aromatic carbocycles. The van der Waals surface area contributed by atoms with Gasteiger partial charge in [0, 0.05) is 18.6 Å². The fraction of sp³-hybridized carbons (Fsp3) is 0.500. The smallest absolute Gasteiger partial charge is 0.200 e. The number of hydrogen-bond donors (Lipinski definition) is 1. The summed E-state index contributed by atoms with van der Waals surface area (Å²) in [5.74, 6) is -1.76. The summed E-state index contributed by atoms with van der Waals surface area (Å²) in [5, 5.41) is 0. The molecule has 0 aliphatic carbocycles. The van der Waals surface area contributed by atoms with Crippen molar-refractivity contribution < 1.29 is 18.3 Å². The van der Waals surface area contributed by atoms with E-state index in [4.69, 9.17) is 15.2 Å². The molecule has 94 valence electrons. The fourth-order valence-electron chi connectivity index (χ4n) is 1.81. The molecule has 17 heavy (non-hydrogen) atoms. The van der Waals surface area contributed by atoms with Crippen molar-refractivity contribution >= 4 is 0 Å². The summed E-state index contributed by atoms with van der Waals surface area (Å²) >= 11 is 0. The molecule has 0 saturated carbocycles.